The minimum absolute atomic E-state index is 0.404. The molecule has 1 aliphatic rings. The van der Waals surface area contributed by atoms with Gasteiger partial charge in [-0.25, -0.2) is 4.79 Å². The minimum atomic E-state index is -0.848. The smallest absolute Gasteiger partial charge is 0.336 e. The van der Waals surface area contributed by atoms with Crippen molar-refractivity contribution < 1.29 is 9.90 Å². The van der Waals surface area contributed by atoms with E-state index in [1.165, 1.54) is 17.9 Å². The molecule has 0 bridgehead atoms. The lowest BCUT2D eigenvalue weighted by atomic mass is 10.1. The summed E-state index contributed by atoms with van der Waals surface area (Å²) in [5, 5.41) is 12.4. The molecule has 1 aromatic carbocycles. The van der Waals surface area contributed by atoms with E-state index in [-0.39, 0.29) is 0 Å². The normalized spacial score (nSPS) is 19.4. The van der Waals surface area contributed by atoms with Crippen LogP contribution in [-0.4, -0.2) is 29.1 Å². The second-order valence-corrected chi connectivity index (χ2v) is 5.47. The highest BCUT2D eigenvalue weighted by Gasteiger charge is 2.15. The summed E-state index contributed by atoms with van der Waals surface area (Å²) in [5.74, 6) is 2.39. The molecule has 1 aromatic rings. The molecule has 0 saturated carbocycles. The first-order valence-corrected chi connectivity index (χ1v) is 7.02. The Morgan fingerprint density at radius 2 is 2.29 bits per heavy atom. The number of benzene rings is 1. The Bertz CT molecular complexity index is 389. The zero-order valence-corrected chi connectivity index (χ0v) is 10.5. The maximum Gasteiger partial charge on any atom is 0.336 e. The number of carboxylic acid groups (broad SMARTS) is 1. The van der Waals surface area contributed by atoms with Crippen LogP contribution in [0.15, 0.2) is 24.3 Å². The molecule has 2 N–H and O–H groups in total. The Kier molecular flexibility index (Phi) is 4.45. The molecule has 1 atom stereocenters. The van der Waals surface area contributed by atoms with Gasteiger partial charge in [0.25, 0.3) is 0 Å². The average molecular weight is 251 g/mol. The Hall–Kier alpha value is -1.00. The van der Waals surface area contributed by atoms with Crippen LogP contribution >= 0.6 is 11.8 Å². The molecule has 0 aliphatic carbocycles. The monoisotopic (exact) mass is 251 g/mol. The number of rotatable bonds is 5. The van der Waals surface area contributed by atoms with Crippen LogP contribution in [0.1, 0.15) is 22.3 Å². The molecule has 0 amide bonds. The molecule has 0 aromatic heterocycles. The van der Waals surface area contributed by atoms with Crippen molar-refractivity contribution >= 4 is 17.7 Å². The summed E-state index contributed by atoms with van der Waals surface area (Å²) in [5.41, 5.74) is 1.27. The highest BCUT2D eigenvalue weighted by molar-refractivity contribution is 7.99. The van der Waals surface area contributed by atoms with Crippen LogP contribution in [0.2, 0.25) is 0 Å². The minimum Gasteiger partial charge on any atom is -0.478 e. The highest BCUT2D eigenvalue weighted by atomic mass is 32.2. The first-order chi connectivity index (χ1) is 8.27. The Balaban J connectivity index is 1.87. The fourth-order valence-corrected chi connectivity index (χ4v) is 3.32. The molecular weight excluding hydrogens is 234 g/mol. The Morgan fingerprint density at radius 1 is 1.47 bits per heavy atom. The zero-order chi connectivity index (χ0) is 12.1. The lowest BCUT2D eigenvalue weighted by molar-refractivity contribution is 0.0695. The molecule has 2 rings (SSSR count). The number of carboxylic acids is 1. The van der Waals surface area contributed by atoms with E-state index in [1.54, 1.807) is 12.1 Å². The van der Waals surface area contributed by atoms with Crippen LogP contribution < -0.4 is 5.32 Å². The van der Waals surface area contributed by atoms with E-state index >= 15 is 0 Å². The molecule has 1 heterocycles. The summed E-state index contributed by atoms with van der Waals surface area (Å²) in [6, 6.07) is 7.18. The van der Waals surface area contributed by atoms with E-state index in [0.717, 1.165) is 18.0 Å². The fraction of sp³-hybridized carbons (Fsp3) is 0.462. The van der Waals surface area contributed by atoms with Gasteiger partial charge in [0.1, 0.15) is 0 Å². The van der Waals surface area contributed by atoms with E-state index in [9.17, 15) is 4.79 Å². The summed E-state index contributed by atoms with van der Waals surface area (Å²) >= 11 is 2.00. The number of hydrogen-bond donors (Lipinski definition) is 2. The quantitative estimate of drug-likeness (QED) is 0.842. The molecule has 3 nitrogen and oxygen atoms in total. The Labute approximate surface area is 106 Å². The van der Waals surface area contributed by atoms with Crippen molar-refractivity contribution in [1.82, 2.24) is 5.32 Å². The zero-order valence-electron chi connectivity index (χ0n) is 9.69. The van der Waals surface area contributed by atoms with Crippen LogP contribution in [-0.2, 0) is 6.54 Å². The third-order valence-corrected chi connectivity index (χ3v) is 4.25. The predicted octanol–water partition coefficient (Wildman–Crippen LogP) is 2.23. The molecular formula is C13H17NO2S. The maximum atomic E-state index is 11.0. The average Bonchev–Trinajstić information content (AvgIpc) is 2.82. The summed E-state index contributed by atoms with van der Waals surface area (Å²) in [7, 11) is 0. The maximum absolute atomic E-state index is 11.0. The van der Waals surface area contributed by atoms with Crippen LogP contribution in [0.25, 0.3) is 0 Å². The largest absolute Gasteiger partial charge is 0.478 e. The second-order valence-electron chi connectivity index (χ2n) is 4.32. The molecule has 1 saturated heterocycles. The molecule has 1 fully saturated rings. The number of aromatic carboxylic acids is 1. The number of thioether (sulfide) groups is 1. The van der Waals surface area contributed by atoms with E-state index in [4.69, 9.17) is 5.11 Å². The number of nitrogens with one attached hydrogen (secondary N) is 1. The van der Waals surface area contributed by atoms with Gasteiger partial charge in [-0.15, -0.1) is 0 Å². The van der Waals surface area contributed by atoms with Crippen molar-refractivity contribution in [3.05, 3.63) is 35.4 Å². The molecule has 0 radical (unpaired) electrons. The summed E-state index contributed by atoms with van der Waals surface area (Å²) in [6.07, 6.45) is 1.28. The van der Waals surface area contributed by atoms with E-state index in [0.29, 0.717) is 12.1 Å². The van der Waals surface area contributed by atoms with Crippen LogP contribution in [0, 0.1) is 5.92 Å². The number of hydrogen-bond acceptors (Lipinski definition) is 3. The van der Waals surface area contributed by atoms with E-state index < -0.39 is 5.97 Å². The van der Waals surface area contributed by atoms with Gasteiger partial charge in [-0.3, -0.25) is 0 Å². The van der Waals surface area contributed by atoms with Crippen molar-refractivity contribution in [3.63, 3.8) is 0 Å². The van der Waals surface area contributed by atoms with Crippen LogP contribution in [0.5, 0.6) is 0 Å². The standard InChI is InChI=1S/C13H17NO2S/c15-13(16)12-4-2-1-3-11(12)8-14-7-10-5-6-17-9-10/h1-4,10,14H,5-9H2,(H,15,16). The van der Waals surface area contributed by atoms with Crippen molar-refractivity contribution in [3.8, 4) is 0 Å². The lowest BCUT2D eigenvalue weighted by Gasteiger charge is -2.11. The molecule has 4 heteroatoms. The van der Waals surface area contributed by atoms with Crippen LogP contribution in [0.4, 0.5) is 0 Å². The molecule has 17 heavy (non-hydrogen) atoms. The van der Waals surface area contributed by atoms with Gasteiger partial charge >= 0.3 is 5.97 Å². The van der Waals surface area contributed by atoms with Gasteiger partial charge in [0, 0.05) is 6.54 Å². The summed E-state index contributed by atoms with van der Waals surface area (Å²) < 4.78 is 0. The van der Waals surface area contributed by atoms with Crippen LogP contribution in [0.3, 0.4) is 0 Å². The topological polar surface area (TPSA) is 49.3 Å². The molecule has 0 spiro atoms. The SMILES string of the molecule is O=C(O)c1ccccc1CNCC1CCSC1. The van der Waals surface area contributed by atoms with Gasteiger partial charge in [0.2, 0.25) is 0 Å². The summed E-state index contributed by atoms with van der Waals surface area (Å²) in [4.78, 5) is 11.0. The molecule has 92 valence electrons. The summed E-state index contributed by atoms with van der Waals surface area (Å²) in [6.45, 7) is 1.63. The highest BCUT2D eigenvalue weighted by Crippen LogP contribution is 2.22. The predicted molar refractivity (Wildman–Crippen MR) is 70.5 cm³/mol. The van der Waals surface area contributed by atoms with Gasteiger partial charge in [-0.05, 0) is 42.0 Å². The van der Waals surface area contributed by atoms with Gasteiger partial charge in [-0.1, -0.05) is 18.2 Å². The van der Waals surface area contributed by atoms with Gasteiger partial charge in [-0.2, -0.15) is 11.8 Å². The second kappa shape index (κ2) is 6.07. The van der Waals surface area contributed by atoms with Gasteiger partial charge in [0.15, 0.2) is 0 Å². The van der Waals surface area contributed by atoms with Gasteiger partial charge in [0.05, 0.1) is 5.56 Å². The fourth-order valence-electron chi connectivity index (χ4n) is 2.04. The third-order valence-electron chi connectivity index (χ3n) is 3.02. The lowest BCUT2D eigenvalue weighted by Crippen LogP contribution is -2.23. The van der Waals surface area contributed by atoms with Crippen molar-refractivity contribution in [1.29, 1.82) is 0 Å². The van der Waals surface area contributed by atoms with Gasteiger partial charge < -0.3 is 10.4 Å². The first-order valence-electron chi connectivity index (χ1n) is 5.87. The van der Waals surface area contributed by atoms with Crippen molar-refractivity contribution in [2.75, 3.05) is 18.1 Å². The van der Waals surface area contributed by atoms with Crippen molar-refractivity contribution in [2.45, 2.75) is 13.0 Å². The van der Waals surface area contributed by atoms with Crippen molar-refractivity contribution in [2.24, 2.45) is 5.92 Å². The van der Waals surface area contributed by atoms with E-state index in [2.05, 4.69) is 5.32 Å². The molecule has 1 unspecified atom stereocenters. The molecule has 1 aliphatic heterocycles. The Morgan fingerprint density at radius 3 is 3.00 bits per heavy atom. The van der Waals surface area contributed by atoms with E-state index in [1.807, 2.05) is 23.9 Å². The first kappa shape index (κ1) is 12.5. The third kappa shape index (κ3) is 3.48. The number of carbonyl (C=O) groups is 1.